The van der Waals surface area contributed by atoms with E-state index in [4.69, 9.17) is 0 Å². The van der Waals surface area contributed by atoms with Gasteiger partial charge in [0.25, 0.3) is 0 Å². The molecule has 2 rings (SSSR count). The molecule has 0 bridgehead atoms. The number of rotatable bonds is 8. The van der Waals surface area contributed by atoms with Gasteiger partial charge in [0.1, 0.15) is 12.4 Å². The highest BCUT2D eigenvalue weighted by atomic mass is 32.2. The molecule has 0 aliphatic carbocycles. The van der Waals surface area contributed by atoms with Crippen LogP contribution in [0, 0.1) is 5.82 Å². The van der Waals surface area contributed by atoms with Crippen LogP contribution in [0.1, 0.15) is 20.7 Å². The molecule has 0 aliphatic rings. The van der Waals surface area contributed by atoms with Gasteiger partial charge in [-0.3, -0.25) is 4.79 Å². The third-order valence-electron chi connectivity index (χ3n) is 4.20. The number of anilines is 2. The lowest BCUT2D eigenvalue weighted by molar-refractivity contribution is -0.114. The standard InChI is InChI=1S/C20H22FN3O7S/c1-23(2)32(28,29)24(17-7-5-15(21)6-8-17)12-18(25)22-16-10-13(19(26)30-3)9-14(11-16)20(27)31-4/h5-11H,12H2,1-4H3,(H,22,25). The lowest BCUT2D eigenvalue weighted by atomic mass is 10.1. The second-order valence-corrected chi connectivity index (χ2v) is 8.67. The van der Waals surface area contributed by atoms with Crippen LogP contribution in [0.15, 0.2) is 42.5 Å². The molecule has 0 saturated carbocycles. The Morgan fingerprint density at radius 3 is 1.88 bits per heavy atom. The van der Waals surface area contributed by atoms with Crippen LogP contribution in [0.4, 0.5) is 15.8 Å². The molecule has 1 N–H and O–H groups in total. The Labute approximate surface area is 184 Å². The summed E-state index contributed by atoms with van der Waals surface area (Å²) < 4.78 is 49.7. The van der Waals surface area contributed by atoms with E-state index in [0.717, 1.165) is 35.0 Å². The highest BCUT2D eigenvalue weighted by Gasteiger charge is 2.27. The number of methoxy groups -OCH3 is 2. The Bertz CT molecular complexity index is 1080. The van der Waals surface area contributed by atoms with Crippen LogP contribution in [0.2, 0.25) is 0 Å². The molecule has 0 fully saturated rings. The third kappa shape index (κ3) is 5.80. The van der Waals surface area contributed by atoms with E-state index in [9.17, 15) is 27.2 Å². The Balaban J connectivity index is 2.38. The third-order valence-corrected chi connectivity index (χ3v) is 6.02. The summed E-state index contributed by atoms with van der Waals surface area (Å²) in [4.78, 5) is 36.5. The van der Waals surface area contributed by atoms with Crippen LogP contribution in [0.25, 0.3) is 0 Å². The van der Waals surface area contributed by atoms with Crippen molar-refractivity contribution in [1.82, 2.24) is 4.31 Å². The van der Waals surface area contributed by atoms with Crippen molar-refractivity contribution in [3.05, 3.63) is 59.4 Å². The van der Waals surface area contributed by atoms with Crippen molar-refractivity contribution >= 4 is 39.4 Å². The first-order chi connectivity index (χ1) is 15.0. The van der Waals surface area contributed by atoms with E-state index in [0.29, 0.717) is 0 Å². The fraction of sp³-hybridized carbons (Fsp3) is 0.250. The van der Waals surface area contributed by atoms with Gasteiger partial charge in [-0.25, -0.2) is 18.3 Å². The van der Waals surface area contributed by atoms with Crippen molar-refractivity contribution in [1.29, 1.82) is 0 Å². The molecular formula is C20H22FN3O7S. The van der Waals surface area contributed by atoms with E-state index >= 15 is 0 Å². The molecule has 10 nitrogen and oxygen atoms in total. The monoisotopic (exact) mass is 467 g/mol. The zero-order valence-electron chi connectivity index (χ0n) is 17.8. The molecule has 12 heteroatoms. The van der Waals surface area contributed by atoms with Crippen molar-refractivity contribution in [2.45, 2.75) is 0 Å². The molecule has 0 heterocycles. The van der Waals surface area contributed by atoms with Gasteiger partial charge in [-0.15, -0.1) is 0 Å². The van der Waals surface area contributed by atoms with Gasteiger partial charge in [0.15, 0.2) is 0 Å². The number of nitrogens with one attached hydrogen (secondary N) is 1. The van der Waals surface area contributed by atoms with Gasteiger partial charge >= 0.3 is 22.1 Å². The zero-order valence-corrected chi connectivity index (χ0v) is 18.6. The summed E-state index contributed by atoms with van der Waals surface area (Å²) >= 11 is 0. The first kappa shape index (κ1) is 24.8. The first-order valence-corrected chi connectivity index (χ1v) is 10.5. The lowest BCUT2D eigenvalue weighted by Crippen LogP contribution is -2.44. The number of amides is 1. The number of ether oxygens (including phenoxy) is 2. The van der Waals surface area contributed by atoms with Crippen LogP contribution in [-0.2, 0) is 24.5 Å². The fourth-order valence-electron chi connectivity index (χ4n) is 2.61. The molecule has 32 heavy (non-hydrogen) atoms. The topological polar surface area (TPSA) is 122 Å². The van der Waals surface area contributed by atoms with Crippen LogP contribution in [-0.4, -0.2) is 65.4 Å². The fourth-order valence-corrected chi connectivity index (χ4v) is 3.68. The van der Waals surface area contributed by atoms with Gasteiger partial charge in [0, 0.05) is 19.8 Å². The van der Waals surface area contributed by atoms with E-state index in [1.165, 1.54) is 44.4 Å². The molecule has 0 saturated heterocycles. The van der Waals surface area contributed by atoms with Gasteiger partial charge < -0.3 is 14.8 Å². The molecule has 2 aromatic rings. The normalized spacial score (nSPS) is 11.1. The van der Waals surface area contributed by atoms with Crippen molar-refractivity contribution in [2.24, 2.45) is 0 Å². The molecule has 0 aliphatic heterocycles. The van der Waals surface area contributed by atoms with Crippen molar-refractivity contribution in [3.63, 3.8) is 0 Å². The summed E-state index contributed by atoms with van der Waals surface area (Å²) in [5, 5.41) is 2.45. The quantitative estimate of drug-likeness (QED) is 0.586. The van der Waals surface area contributed by atoms with Gasteiger partial charge in [-0.1, -0.05) is 0 Å². The second-order valence-electron chi connectivity index (χ2n) is 6.60. The number of hydrogen-bond acceptors (Lipinski definition) is 7. The van der Waals surface area contributed by atoms with Gasteiger partial charge in [-0.2, -0.15) is 12.7 Å². The van der Waals surface area contributed by atoms with Gasteiger partial charge in [0.05, 0.1) is 31.0 Å². The number of halogens is 1. The number of esters is 2. The van der Waals surface area contributed by atoms with Gasteiger partial charge in [-0.05, 0) is 42.5 Å². The molecule has 2 aromatic carbocycles. The van der Waals surface area contributed by atoms with Crippen LogP contribution in [0.5, 0.6) is 0 Å². The minimum atomic E-state index is -4.11. The molecule has 0 radical (unpaired) electrons. The van der Waals surface area contributed by atoms with Crippen molar-refractivity contribution in [3.8, 4) is 0 Å². The highest BCUT2D eigenvalue weighted by molar-refractivity contribution is 7.90. The maximum absolute atomic E-state index is 13.3. The smallest absolute Gasteiger partial charge is 0.337 e. The second kappa shape index (κ2) is 10.2. The number of hydrogen-bond donors (Lipinski definition) is 1. The lowest BCUT2D eigenvalue weighted by Gasteiger charge is -2.27. The van der Waals surface area contributed by atoms with E-state index in [2.05, 4.69) is 14.8 Å². The molecule has 0 spiro atoms. The molecule has 0 aromatic heterocycles. The van der Waals surface area contributed by atoms with E-state index in [1.807, 2.05) is 0 Å². The SMILES string of the molecule is COC(=O)c1cc(NC(=O)CN(c2ccc(F)cc2)S(=O)(=O)N(C)C)cc(C(=O)OC)c1. The Morgan fingerprint density at radius 1 is 0.938 bits per heavy atom. The minimum absolute atomic E-state index is 0.0259. The van der Waals surface area contributed by atoms with Crippen LogP contribution < -0.4 is 9.62 Å². The predicted molar refractivity (Wildman–Crippen MR) is 114 cm³/mol. The number of benzene rings is 2. The van der Waals surface area contributed by atoms with Gasteiger partial charge in [0.2, 0.25) is 5.91 Å². The molecular weight excluding hydrogens is 445 g/mol. The summed E-state index contributed by atoms with van der Waals surface area (Å²) in [7, 11) is 0.761. The summed E-state index contributed by atoms with van der Waals surface area (Å²) in [6, 6.07) is 8.32. The summed E-state index contributed by atoms with van der Waals surface area (Å²) in [6.07, 6.45) is 0. The van der Waals surface area contributed by atoms with Crippen LogP contribution in [0.3, 0.4) is 0 Å². The largest absolute Gasteiger partial charge is 0.465 e. The Kier molecular flexibility index (Phi) is 7.89. The zero-order chi connectivity index (χ0) is 24.1. The summed E-state index contributed by atoms with van der Waals surface area (Å²) in [6.45, 7) is -0.665. The molecule has 0 atom stereocenters. The Hall–Kier alpha value is -3.51. The average Bonchev–Trinajstić information content (AvgIpc) is 2.76. The molecule has 172 valence electrons. The maximum atomic E-state index is 13.3. The van der Waals surface area contributed by atoms with Crippen LogP contribution >= 0.6 is 0 Å². The number of carbonyl (C=O) groups excluding carboxylic acids is 3. The molecule has 1 amide bonds. The van der Waals surface area contributed by atoms with E-state index < -0.39 is 40.4 Å². The predicted octanol–water partition coefficient (Wildman–Crippen LogP) is 1.65. The average molecular weight is 467 g/mol. The summed E-state index contributed by atoms with van der Waals surface area (Å²) in [5.74, 6) is -2.86. The first-order valence-electron chi connectivity index (χ1n) is 9.07. The number of carbonyl (C=O) groups is 3. The van der Waals surface area contributed by atoms with E-state index in [1.54, 1.807) is 0 Å². The minimum Gasteiger partial charge on any atom is -0.465 e. The Morgan fingerprint density at radius 2 is 1.44 bits per heavy atom. The maximum Gasteiger partial charge on any atom is 0.337 e. The highest BCUT2D eigenvalue weighted by Crippen LogP contribution is 2.21. The summed E-state index contributed by atoms with van der Waals surface area (Å²) in [5.41, 5.74) is 0.0532. The van der Waals surface area contributed by atoms with Crippen molar-refractivity contribution < 1.29 is 36.7 Å². The number of nitrogens with zero attached hydrogens (tertiary/aromatic N) is 2. The molecule has 0 unspecified atom stereocenters. The van der Waals surface area contributed by atoms with E-state index in [-0.39, 0.29) is 22.5 Å². The van der Waals surface area contributed by atoms with Crippen molar-refractivity contribution in [2.75, 3.05) is 44.5 Å².